The number of hydrogen-bond acceptors (Lipinski definition) is 1. The van der Waals surface area contributed by atoms with E-state index in [1.54, 1.807) is 0 Å². The minimum Gasteiger partial charge on any atom is -0.346 e. The number of aromatic nitrogens is 1. The third-order valence-corrected chi connectivity index (χ3v) is 4.66. The van der Waals surface area contributed by atoms with Crippen molar-refractivity contribution >= 4 is 0 Å². The predicted molar refractivity (Wildman–Crippen MR) is 78.0 cm³/mol. The van der Waals surface area contributed by atoms with E-state index < -0.39 is 0 Å². The van der Waals surface area contributed by atoms with E-state index in [9.17, 15) is 0 Å². The Morgan fingerprint density at radius 1 is 1.28 bits per heavy atom. The molecule has 1 heterocycles. The van der Waals surface area contributed by atoms with Gasteiger partial charge >= 0.3 is 0 Å². The van der Waals surface area contributed by atoms with Gasteiger partial charge in [-0.3, -0.25) is 0 Å². The van der Waals surface area contributed by atoms with Gasteiger partial charge in [0.25, 0.3) is 0 Å². The molecule has 0 aromatic carbocycles. The molecule has 2 rings (SSSR count). The average molecular weight is 248 g/mol. The summed E-state index contributed by atoms with van der Waals surface area (Å²) in [5.74, 6) is 1.39. The zero-order chi connectivity index (χ0) is 13.3. The second kappa shape index (κ2) is 5.48. The number of nitrogens with zero attached hydrogens (tertiary/aromatic N) is 1. The van der Waals surface area contributed by atoms with Gasteiger partial charge in [-0.2, -0.15) is 0 Å². The first kappa shape index (κ1) is 13.7. The van der Waals surface area contributed by atoms with Crippen molar-refractivity contribution in [3.8, 4) is 0 Å². The Bertz CT molecular complexity index is 397. The van der Waals surface area contributed by atoms with E-state index in [0.29, 0.717) is 12.0 Å². The fraction of sp³-hybridized carbons (Fsp3) is 0.750. The molecule has 102 valence electrons. The molecule has 18 heavy (non-hydrogen) atoms. The minimum atomic E-state index is 0.542. The first-order chi connectivity index (χ1) is 8.56. The van der Waals surface area contributed by atoms with Crippen molar-refractivity contribution in [1.29, 1.82) is 0 Å². The van der Waals surface area contributed by atoms with Crippen LogP contribution in [0.3, 0.4) is 0 Å². The Morgan fingerprint density at radius 2 is 1.89 bits per heavy atom. The van der Waals surface area contributed by atoms with Crippen molar-refractivity contribution in [3.63, 3.8) is 0 Å². The lowest BCUT2D eigenvalue weighted by Crippen LogP contribution is -2.20. The third-order valence-electron chi connectivity index (χ3n) is 4.66. The SMILES string of the molecule is Cc1cc(C(CN)C2CCCC2)c(C)n1C(C)C. The molecular weight excluding hydrogens is 220 g/mol. The summed E-state index contributed by atoms with van der Waals surface area (Å²) in [6.07, 6.45) is 5.52. The fourth-order valence-corrected chi connectivity index (χ4v) is 3.91. The summed E-state index contributed by atoms with van der Waals surface area (Å²) < 4.78 is 2.45. The zero-order valence-corrected chi connectivity index (χ0v) is 12.4. The first-order valence-corrected chi connectivity index (χ1v) is 7.44. The molecule has 0 aliphatic heterocycles. The average Bonchev–Trinajstić information content (AvgIpc) is 2.90. The maximum atomic E-state index is 6.08. The van der Waals surface area contributed by atoms with Crippen LogP contribution in [-0.2, 0) is 0 Å². The third kappa shape index (κ3) is 2.35. The highest BCUT2D eigenvalue weighted by Gasteiger charge is 2.28. The summed E-state index contributed by atoms with van der Waals surface area (Å²) in [5.41, 5.74) is 10.4. The lowest BCUT2D eigenvalue weighted by atomic mass is 9.85. The smallest absolute Gasteiger partial charge is 0.0279 e. The number of nitrogens with two attached hydrogens (primary N) is 1. The van der Waals surface area contributed by atoms with Gasteiger partial charge in [0.1, 0.15) is 0 Å². The molecular formula is C16H28N2. The standard InChI is InChI=1S/C16H28N2/c1-11(2)18-12(3)9-15(13(18)4)16(10-17)14-7-5-6-8-14/h9,11,14,16H,5-8,10,17H2,1-4H3. The molecule has 1 aromatic heterocycles. The van der Waals surface area contributed by atoms with Crippen LogP contribution in [0.25, 0.3) is 0 Å². The van der Waals surface area contributed by atoms with Gasteiger partial charge in [-0.15, -0.1) is 0 Å². The molecule has 0 spiro atoms. The van der Waals surface area contributed by atoms with Gasteiger partial charge in [0.2, 0.25) is 0 Å². The normalized spacial score (nSPS) is 18.8. The quantitative estimate of drug-likeness (QED) is 0.860. The molecule has 1 atom stereocenters. The Kier molecular flexibility index (Phi) is 4.16. The van der Waals surface area contributed by atoms with Crippen LogP contribution in [0, 0.1) is 19.8 Å². The molecule has 1 unspecified atom stereocenters. The summed E-state index contributed by atoms with van der Waals surface area (Å²) in [7, 11) is 0. The fourth-order valence-electron chi connectivity index (χ4n) is 3.91. The molecule has 1 saturated carbocycles. The minimum absolute atomic E-state index is 0.542. The highest BCUT2D eigenvalue weighted by atomic mass is 15.0. The van der Waals surface area contributed by atoms with E-state index >= 15 is 0 Å². The summed E-state index contributed by atoms with van der Waals surface area (Å²) in [5, 5.41) is 0. The molecule has 2 nitrogen and oxygen atoms in total. The van der Waals surface area contributed by atoms with Crippen LogP contribution in [0.1, 0.15) is 68.4 Å². The van der Waals surface area contributed by atoms with Crippen molar-refractivity contribution in [2.45, 2.75) is 65.3 Å². The molecule has 2 N–H and O–H groups in total. The molecule has 0 radical (unpaired) electrons. The molecule has 0 bridgehead atoms. The van der Waals surface area contributed by atoms with Crippen LogP contribution in [0.15, 0.2) is 6.07 Å². The van der Waals surface area contributed by atoms with Crippen LogP contribution < -0.4 is 5.73 Å². The monoisotopic (exact) mass is 248 g/mol. The second-order valence-corrected chi connectivity index (χ2v) is 6.18. The van der Waals surface area contributed by atoms with Gasteiger partial charge in [-0.25, -0.2) is 0 Å². The van der Waals surface area contributed by atoms with Crippen molar-refractivity contribution < 1.29 is 0 Å². The highest BCUT2D eigenvalue weighted by Crippen LogP contribution is 2.39. The predicted octanol–water partition coefficient (Wildman–Crippen LogP) is 3.92. The Labute approximate surface area is 112 Å². The number of hydrogen-bond donors (Lipinski definition) is 1. The van der Waals surface area contributed by atoms with Crippen molar-refractivity contribution in [2.75, 3.05) is 6.54 Å². The van der Waals surface area contributed by atoms with Gasteiger partial charge in [-0.05, 0) is 64.6 Å². The number of rotatable bonds is 4. The van der Waals surface area contributed by atoms with E-state index in [2.05, 4.69) is 38.3 Å². The van der Waals surface area contributed by atoms with Gasteiger partial charge < -0.3 is 10.3 Å². The first-order valence-electron chi connectivity index (χ1n) is 7.44. The Hall–Kier alpha value is -0.760. The van der Waals surface area contributed by atoms with Crippen LogP contribution in [0.4, 0.5) is 0 Å². The van der Waals surface area contributed by atoms with Crippen molar-refractivity contribution in [3.05, 3.63) is 23.0 Å². The largest absolute Gasteiger partial charge is 0.346 e. The van der Waals surface area contributed by atoms with Gasteiger partial charge in [0, 0.05) is 23.3 Å². The van der Waals surface area contributed by atoms with E-state index in [-0.39, 0.29) is 0 Å². The Balaban J connectivity index is 2.33. The molecule has 0 saturated heterocycles. The molecule has 2 heteroatoms. The molecule has 1 aliphatic carbocycles. The molecule has 1 aliphatic rings. The van der Waals surface area contributed by atoms with Crippen LogP contribution >= 0.6 is 0 Å². The Morgan fingerprint density at radius 3 is 2.33 bits per heavy atom. The van der Waals surface area contributed by atoms with Crippen molar-refractivity contribution in [2.24, 2.45) is 11.7 Å². The molecule has 0 amide bonds. The van der Waals surface area contributed by atoms with Crippen LogP contribution in [0.5, 0.6) is 0 Å². The number of aryl methyl sites for hydroxylation is 1. The maximum Gasteiger partial charge on any atom is 0.0279 e. The summed E-state index contributed by atoms with van der Waals surface area (Å²) in [6.45, 7) is 9.80. The maximum absolute atomic E-state index is 6.08. The van der Waals surface area contributed by atoms with Crippen LogP contribution in [0.2, 0.25) is 0 Å². The summed E-state index contributed by atoms with van der Waals surface area (Å²) >= 11 is 0. The van der Waals surface area contributed by atoms with E-state index in [1.165, 1.54) is 42.6 Å². The molecule has 1 aromatic rings. The lowest BCUT2D eigenvalue weighted by molar-refractivity contribution is 0.437. The van der Waals surface area contributed by atoms with E-state index in [4.69, 9.17) is 5.73 Å². The zero-order valence-electron chi connectivity index (χ0n) is 12.4. The highest BCUT2D eigenvalue weighted by molar-refractivity contribution is 5.31. The van der Waals surface area contributed by atoms with E-state index in [0.717, 1.165) is 12.5 Å². The van der Waals surface area contributed by atoms with Crippen molar-refractivity contribution in [1.82, 2.24) is 4.57 Å². The van der Waals surface area contributed by atoms with Gasteiger partial charge in [0.05, 0.1) is 0 Å². The topological polar surface area (TPSA) is 30.9 Å². The molecule has 1 fully saturated rings. The van der Waals surface area contributed by atoms with Crippen LogP contribution in [-0.4, -0.2) is 11.1 Å². The second-order valence-electron chi connectivity index (χ2n) is 6.18. The lowest BCUT2D eigenvalue weighted by Gasteiger charge is -2.23. The van der Waals surface area contributed by atoms with Gasteiger partial charge in [0.15, 0.2) is 0 Å². The summed E-state index contributed by atoms with van der Waals surface area (Å²) in [6, 6.07) is 2.92. The van der Waals surface area contributed by atoms with Gasteiger partial charge in [-0.1, -0.05) is 12.8 Å². The summed E-state index contributed by atoms with van der Waals surface area (Å²) in [4.78, 5) is 0. The van der Waals surface area contributed by atoms with E-state index in [1.807, 2.05) is 0 Å².